The van der Waals surface area contributed by atoms with Gasteiger partial charge >= 0.3 is 6.03 Å². The van der Waals surface area contributed by atoms with E-state index in [-0.39, 0.29) is 11.8 Å². The molecule has 4 aliphatic rings. The molecule has 164 valence electrons. The number of likely N-dealkylation sites (N-methyl/N-ethyl adjacent to an activating group) is 1. The van der Waals surface area contributed by atoms with Crippen molar-refractivity contribution in [3.05, 3.63) is 29.8 Å². The molecule has 2 bridgehead atoms. The summed E-state index contributed by atoms with van der Waals surface area (Å²) < 4.78 is 0. The number of piperidine rings is 3. The summed E-state index contributed by atoms with van der Waals surface area (Å²) in [4.78, 5) is 31.3. The van der Waals surface area contributed by atoms with Crippen molar-refractivity contribution in [1.29, 1.82) is 0 Å². The Kier molecular flexibility index (Phi) is 6.71. The lowest BCUT2D eigenvalue weighted by Gasteiger charge is -2.51. The van der Waals surface area contributed by atoms with Crippen molar-refractivity contribution in [1.82, 2.24) is 20.0 Å². The van der Waals surface area contributed by atoms with Crippen molar-refractivity contribution < 1.29 is 9.59 Å². The number of rotatable bonds is 6. The minimum Gasteiger partial charge on any atom is -0.336 e. The molecular formula is C23H35N5O2. The van der Waals surface area contributed by atoms with Crippen LogP contribution < -0.4 is 10.6 Å². The van der Waals surface area contributed by atoms with E-state index in [1.165, 1.54) is 52.5 Å². The molecule has 4 saturated heterocycles. The van der Waals surface area contributed by atoms with Gasteiger partial charge in [-0.2, -0.15) is 0 Å². The van der Waals surface area contributed by atoms with Crippen LogP contribution in [0, 0.1) is 11.8 Å². The molecule has 0 aliphatic carbocycles. The van der Waals surface area contributed by atoms with Gasteiger partial charge in [-0.05, 0) is 69.5 Å². The van der Waals surface area contributed by atoms with Gasteiger partial charge in [0.15, 0.2) is 5.78 Å². The van der Waals surface area contributed by atoms with Crippen LogP contribution in [0.3, 0.4) is 0 Å². The molecule has 7 nitrogen and oxygen atoms in total. The topological polar surface area (TPSA) is 67.9 Å². The highest BCUT2D eigenvalue weighted by molar-refractivity contribution is 5.95. The number of urea groups is 1. The Morgan fingerprint density at radius 1 is 1.07 bits per heavy atom. The number of Topliss-reactive ketones (excluding diaryl/α,β-unsaturated/α-hetero) is 1. The molecule has 0 aromatic heterocycles. The van der Waals surface area contributed by atoms with Crippen molar-refractivity contribution in [2.45, 2.75) is 25.8 Å². The number of fused-ring (bicyclic) bond motifs is 3. The predicted octanol–water partition coefficient (Wildman–Crippen LogP) is 1.97. The summed E-state index contributed by atoms with van der Waals surface area (Å²) >= 11 is 0. The fourth-order valence-corrected chi connectivity index (χ4v) is 5.20. The molecule has 0 radical (unpaired) electrons. The Labute approximate surface area is 179 Å². The molecule has 2 amide bonds. The summed E-state index contributed by atoms with van der Waals surface area (Å²) in [6, 6.07) is 7.28. The third kappa shape index (κ3) is 5.20. The van der Waals surface area contributed by atoms with Gasteiger partial charge in [-0.1, -0.05) is 0 Å². The Morgan fingerprint density at radius 3 is 2.43 bits per heavy atom. The molecule has 0 spiro atoms. The van der Waals surface area contributed by atoms with Crippen molar-refractivity contribution >= 4 is 17.5 Å². The van der Waals surface area contributed by atoms with E-state index in [0.717, 1.165) is 24.9 Å². The van der Waals surface area contributed by atoms with Crippen LogP contribution in [0.1, 0.15) is 30.1 Å². The largest absolute Gasteiger partial charge is 0.336 e. The van der Waals surface area contributed by atoms with Crippen molar-refractivity contribution in [2.75, 3.05) is 64.7 Å². The molecule has 4 aliphatic heterocycles. The van der Waals surface area contributed by atoms with Crippen LogP contribution in [-0.2, 0) is 0 Å². The number of ketones is 1. The minimum atomic E-state index is -0.179. The fourth-order valence-electron chi connectivity index (χ4n) is 5.20. The molecule has 7 heteroatoms. The number of benzene rings is 1. The zero-order chi connectivity index (χ0) is 21.1. The third-order valence-corrected chi connectivity index (χ3v) is 7.15. The molecule has 5 rings (SSSR count). The standard InChI is InChI=1S/C23H35N5O2/c1-17(29)18-3-5-21(6-4-18)25-23(30)24-14-22-13-19-7-8-28(22)16-20(19)15-27-11-9-26(2)10-12-27/h3-6,19-20,22H,7-16H2,1-2H3,(H2,24,25,30)/t19-,20-,22+/m0/s1. The lowest BCUT2D eigenvalue weighted by molar-refractivity contribution is -0.0155. The van der Waals surface area contributed by atoms with Gasteiger partial charge in [0, 0.05) is 63.1 Å². The van der Waals surface area contributed by atoms with Gasteiger partial charge in [0.1, 0.15) is 0 Å². The van der Waals surface area contributed by atoms with E-state index >= 15 is 0 Å². The first kappa shape index (κ1) is 21.3. The molecular weight excluding hydrogens is 378 g/mol. The van der Waals surface area contributed by atoms with E-state index in [0.29, 0.717) is 23.8 Å². The van der Waals surface area contributed by atoms with Crippen LogP contribution in [0.25, 0.3) is 0 Å². The summed E-state index contributed by atoms with van der Waals surface area (Å²) in [6.07, 6.45) is 2.48. The number of anilines is 1. The van der Waals surface area contributed by atoms with Crippen molar-refractivity contribution in [2.24, 2.45) is 11.8 Å². The summed E-state index contributed by atoms with van der Waals surface area (Å²) in [5.41, 5.74) is 1.35. The summed E-state index contributed by atoms with van der Waals surface area (Å²) in [6.45, 7) is 10.5. The van der Waals surface area contributed by atoms with Crippen LogP contribution in [0.2, 0.25) is 0 Å². The van der Waals surface area contributed by atoms with Crippen LogP contribution in [0.5, 0.6) is 0 Å². The summed E-state index contributed by atoms with van der Waals surface area (Å²) in [7, 11) is 2.21. The lowest BCUT2D eigenvalue weighted by atomic mass is 9.75. The maximum atomic E-state index is 12.3. The number of piperazine rings is 1. The number of hydrogen-bond donors (Lipinski definition) is 2. The van der Waals surface area contributed by atoms with E-state index in [1.807, 2.05) is 0 Å². The highest BCUT2D eigenvalue weighted by Crippen LogP contribution is 2.36. The van der Waals surface area contributed by atoms with Crippen LogP contribution in [0.15, 0.2) is 24.3 Å². The van der Waals surface area contributed by atoms with Crippen LogP contribution in [0.4, 0.5) is 10.5 Å². The first-order valence-electron chi connectivity index (χ1n) is 11.3. The van der Waals surface area contributed by atoms with Gasteiger partial charge in [-0.15, -0.1) is 0 Å². The molecule has 4 fully saturated rings. The average Bonchev–Trinajstić information content (AvgIpc) is 2.75. The monoisotopic (exact) mass is 413 g/mol. The van der Waals surface area contributed by atoms with Gasteiger partial charge < -0.3 is 20.4 Å². The Balaban J connectivity index is 1.21. The molecule has 1 aromatic carbocycles. The Bertz CT molecular complexity index is 744. The van der Waals surface area contributed by atoms with E-state index in [9.17, 15) is 9.59 Å². The maximum absolute atomic E-state index is 12.3. The zero-order valence-corrected chi connectivity index (χ0v) is 18.3. The van der Waals surface area contributed by atoms with Gasteiger partial charge in [-0.25, -0.2) is 4.79 Å². The summed E-state index contributed by atoms with van der Waals surface area (Å²) in [5, 5.41) is 5.92. The highest BCUT2D eigenvalue weighted by Gasteiger charge is 2.40. The minimum absolute atomic E-state index is 0.0262. The van der Waals surface area contributed by atoms with Gasteiger partial charge in [0.25, 0.3) is 0 Å². The van der Waals surface area contributed by atoms with E-state index in [2.05, 4.69) is 32.4 Å². The SMILES string of the molecule is CC(=O)c1ccc(NC(=O)NC[C@H]2C[C@@H]3CCN2C[C@@H]3CN2CCN(C)CC2)cc1. The zero-order valence-electron chi connectivity index (χ0n) is 18.3. The average molecular weight is 414 g/mol. The number of carbonyl (C=O) groups excluding carboxylic acids is 2. The molecule has 1 aromatic rings. The second-order valence-corrected chi connectivity index (χ2v) is 9.27. The number of carbonyl (C=O) groups is 2. The number of hydrogen-bond acceptors (Lipinski definition) is 5. The predicted molar refractivity (Wildman–Crippen MR) is 119 cm³/mol. The van der Waals surface area contributed by atoms with Crippen molar-refractivity contribution in [3.63, 3.8) is 0 Å². The molecule has 4 heterocycles. The van der Waals surface area contributed by atoms with Gasteiger partial charge in [0.2, 0.25) is 0 Å². The highest BCUT2D eigenvalue weighted by atomic mass is 16.2. The summed E-state index contributed by atoms with van der Waals surface area (Å²) in [5.74, 6) is 1.58. The van der Waals surface area contributed by atoms with E-state index in [1.54, 1.807) is 24.3 Å². The quantitative estimate of drug-likeness (QED) is 0.698. The van der Waals surface area contributed by atoms with Crippen LogP contribution >= 0.6 is 0 Å². The molecule has 4 atom stereocenters. The number of amides is 2. The van der Waals surface area contributed by atoms with Gasteiger partial charge in [0.05, 0.1) is 0 Å². The second-order valence-electron chi connectivity index (χ2n) is 9.27. The number of nitrogens with zero attached hydrogens (tertiary/aromatic N) is 3. The Hall–Kier alpha value is -1.96. The number of nitrogens with one attached hydrogen (secondary N) is 2. The second kappa shape index (κ2) is 9.45. The van der Waals surface area contributed by atoms with Crippen LogP contribution in [-0.4, -0.2) is 92.0 Å². The molecule has 1 unspecified atom stereocenters. The van der Waals surface area contributed by atoms with E-state index in [4.69, 9.17) is 0 Å². The molecule has 2 N–H and O–H groups in total. The van der Waals surface area contributed by atoms with E-state index < -0.39 is 0 Å². The third-order valence-electron chi connectivity index (χ3n) is 7.15. The molecule has 0 saturated carbocycles. The fraction of sp³-hybridized carbons (Fsp3) is 0.652. The first-order valence-corrected chi connectivity index (χ1v) is 11.3. The molecule has 30 heavy (non-hydrogen) atoms. The smallest absolute Gasteiger partial charge is 0.319 e. The first-order chi connectivity index (χ1) is 14.5. The maximum Gasteiger partial charge on any atom is 0.319 e. The normalized spacial score (nSPS) is 29.5. The lowest BCUT2D eigenvalue weighted by Crippen LogP contribution is -2.59. The Morgan fingerprint density at radius 2 is 1.80 bits per heavy atom. The van der Waals surface area contributed by atoms with Gasteiger partial charge in [-0.3, -0.25) is 9.69 Å². The van der Waals surface area contributed by atoms with Crippen molar-refractivity contribution in [3.8, 4) is 0 Å².